The Morgan fingerprint density at radius 1 is 1.27 bits per heavy atom. The molecule has 2 rings (SSSR count). The largest absolute Gasteiger partial charge is 0.452 e. The van der Waals surface area contributed by atoms with Crippen LogP contribution in [0, 0.1) is 6.92 Å². The van der Waals surface area contributed by atoms with E-state index in [1.165, 1.54) is 12.2 Å². The number of esters is 1. The minimum atomic E-state index is -0.628. The number of ether oxygens (including phenoxy) is 1. The molecule has 0 aliphatic carbocycles. The first-order chi connectivity index (χ1) is 12.4. The Balaban J connectivity index is 2.03. The van der Waals surface area contributed by atoms with E-state index in [-0.39, 0.29) is 12.5 Å². The van der Waals surface area contributed by atoms with Crippen molar-refractivity contribution in [3.8, 4) is 0 Å². The second-order valence-electron chi connectivity index (χ2n) is 5.47. The predicted octanol–water partition coefficient (Wildman–Crippen LogP) is 3.24. The first kappa shape index (κ1) is 20.0. The third-order valence-electron chi connectivity index (χ3n) is 3.46. The molecule has 0 spiro atoms. The van der Waals surface area contributed by atoms with Crippen molar-refractivity contribution in [2.75, 3.05) is 13.2 Å². The lowest BCUT2D eigenvalue weighted by molar-refractivity contribution is -0.143. The number of aryl methyl sites for hydroxylation is 1. The number of nitrogens with one attached hydrogen (secondary N) is 1. The average molecular weight is 396 g/mol. The van der Waals surface area contributed by atoms with Crippen LogP contribution < -0.4 is 5.32 Å². The van der Waals surface area contributed by atoms with Gasteiger partial charge in [-0.2, -0.15) is 5.10 Å². The van der Waals surface area contributed by atoms with Crippen molar-refractivity contribution < 1.29 is 14.3 Å². The van der Waals surface area contributed by atoms with Crippen LogP contribution in [0.5, 0.6) is 0 Å². The Labute approximate surface area is 161 Å². The van der Waals surface area contributed by atoms with Gasteiger partial charge in [0.05, 0.1) is 12.2 Å². The molecule has 1 amide bonds. The molecule has 1 N–H and O–H groups in total. The molecule has 0 saturated heterocycles. The molecular weight excluding hydrogens is 377 g/mol. The minimum Gasteiger partial charge on any atom is -0.452 e. The maximum atomic E-state index is 11.7. The van der Waals surface area contributed by atoms with E-state index in [0.717, 1.165) is 5.56 Å². The zero-order valence-corrected chi connectivity index (χ0v) is 16.0. The summed E-state index contributed by atoms with van der Waals surface area (Å²) in [4.78, 5) is 23.0. The Kier molecular flexibility index (Phi) is 7.24. The smallest absolute Gasteiger partial charge is 0.331 e. The summed E-state index contributed by atoms with van der Waals surface area (Å²) in [5.41, 5.74) is 2.29. The van der Waals surface area contributed by atoms with Crippen LogP contribution >= 0.6 is 23.2 Å². The number of rotatable bonds is 7. The van der Waals surface area contributed by atoms with Crippen LogP contribution in [0.15, 0.2) is 30.3 Å². The third-order valence-corrected chi connectivity index (χ3v) is 4.11. The summed E-state index contributed by atoms with van der Waals surface area (Å²) < 4.78 is 6.49. The van der Waals surface area contributed by atoms with Crippen molar-refractivity contribution in [3.05, 3.63) is 57.3 Å². The van der Waals surface area contributed by atoms with E-state index in [2.05, 4.69) is 10.4 Å². The lowest BCUT2D eigenvalue weighted by Crippen LogP contribution is -2.28. The highest BCUT2D eigenvalue weighted by Crippen LogP contribution is 2.22. The molecule has 2 aromatic rings. The lowest BCUT2D eigenvalue weighted by Gasteiger charge is -2.04. The van der Waals surface area contributed by atoms with Gasteiger partial charge in [-0.1, -0.05) is 35.3 Å². The third kappa shape index (κ3) is 5.61. The summed E-state index contributed by atoms with van der Waals surface area (Å²) in [6.45, 7) is 4.22. The number of likely N-dealkylation sites (N-methyl/N-ethyl adjacent to an activating group) is 1. The van der Waals surface area contributed by atoms with Crippen molar-refractivity contribution >= 4 is 41.2 Å². The van der Waals surface area contributed by atoms with E-state index < -0.39 is 5.97 Å². The van der Waals surface area contributed by atoms with Crippen molar-refractivity contribution in [2.45, 2.75) is 20.4 Å². The fourth-order valence-electron chi connectivity index (χ4n) is 2.21. The Morgan fingerprint density at radius 2 is 1.96 bits per heavy atom. The molecule has 1 heterocycles. The number of hydrogen-bond acceptors (Lipinski definition) is 4. The highest BCUT2D eigenvalue weighted by Gasteiger charge is 2.12. The lowest BCUT2D eigenvalue weighted by atomic mass is 10.2. The van der Waals surface area contributed by atoms with Crippen LogP contribution in [0.1, 0.15) is 23.7 Å². The molecule has 1 aromatic heterocycles. The van der Waals surface area contributed by atoms with Gasteiger partial charge in [-0.05, 0) is 37.6 Å². The fraction of sp³-hybridized carbons (Fsp3) is 0.278. The van der Waals surface area contributed by atoms with E-state index in [1.54, 1.807) is 30.7 Å². The first-order valence-corrected chi connectivity index (χ1v) is 8.75. The quantitative estimate of drug-likeness (QED) is 0.576. The molecule has 1 aromatic carbocycles. The molecule has 0 fully saturated rings. The number of aromatic nitrogens is 2. The fourth-order valence-corrected chi connectivity index (χ4v) is 2.63. The number of benzene rings is 1. The van der Waals surface area contributed by atoms with Gasteiger partial charge in [0.15, 0.2) is 6.61 Å². The molecule has 0 radical (unpaired) electrons. The van der Waals surface area contributed by atoms with Crippen LogP contribution in [0.3, 0.4) is 0 Å². The van der Waals surface area contributed by atoms with Crippen molar-refractivity contribution in [1.29, 1.82) is 0 Å². The van der Waals surface area contributed by atoms with Gasteiger partial charge in [0.25, 0.3) is 5.91 Å². The van der Waals surface area contributed by atoms with Crippen LogP contribution in [0.2, 0.25) is 10.2 Å². The number of nitrogens with zero attached hydrogens (tertiary/aromatic N) is 2. The molecular formula is C18H19Cl2N3O3. The molecule has 138 valence electrons. The summed E-state index contributed by atoms with van der Waals surface area (Å²) in [5, 5.41) is 7.99. The van der Waals surface area contributed by atoms with E-state index in [9.17, 15) is 9.59 Å². The van der Waals surface area contributed by atoms with E-state index >= 15 is 0 Å². The maximum absolute atomic E-state index is 11.7. The Hall–Kier alpha value is -2.31. The number of carbonyl (C=O) groups excluding carboxylic acids is 2. The average Bonchev–Trinajstić information content (AvgIpc) is 2.87. The highest BCUT2D eigenvalue weighted by atomic mass is 35.5. The summed E-state index contributed by atoms with van der Waals surface area (Å²) in [7, 11) is 0. The van der Waals surface area contributed by atoms with Gasteiger partial charge in [0, 0.05) is 23.2 Å². The van der Waals surface area contributed by atoms with Crippen LogP contribution in [0.4, 0.5) is 0 Å². The minimum absolute atomic E-state index is 0.320. The van der Waals surface area contributed by atoms with Gasteiger partial charge in [-0.3, -0.25) is 4.79 Å². The van der Waals surface area contributed by atoms with E-state index in [1.807, 2.05) is 12.1 Å². The number of hydrogen-bond donors (Lipinski definition) is 1. The van der Waals surface area contributed by atoms with Crippen LogP contribution in [-0.4, -0.2) is 34.8 Å². The van der Waals surface area contributed by atoms with Gasteiger partial charge in [0.2, 0.25) is 0 Å². The van der Waals surface area contributed by atoms with E-state index in [4.69, 9.17) is 27.9 Å². The second-order valence-corrected chi connectivity index (χ2v) is 6.26. The first-order valence-electron chi connectivity index (χ1n) is 7.99. The zero-order valence-electron chi connectivity index (χ0n) is 14.5. The standard InChI is InChI=1S/C18H19Cl2N3O3/c1-3-21-16(24)11-26-17(25)9-8-15-12(2)22-23(18(15)20)10-13-4-6-14(19)7-5-13/h4-9H,3,10-11H2,1-2H3,(H,21,24)/b9-8+. The molecule has 0 aliphatic heterocycles. The highest BCUT2D eigenvalue weighted by molar-refractivity contribution is 6.31. The molecule has 26 heavy (non-hydrogen) atoms. The van der Waals surface area contributed by atoms with Gasteiger partial charge in [-0.15, -0.1) is 0 Å². The molecule has 0 unspecified atom stereocenters. The Bertz CT molecular complexity index is 814. The molecule has 0 atom stereocenters. The molecule has 6 nitrogen and oxygen atoms in total. The molecule has 0 aliphatic rings. The zero-order chi connectivity index (χ0) is 19.1. The summed E-state index contributed by atoms with van der Waals surface area (Å²) in [6, 6.07) is 7.38. The Morgan fingerprint density at radius 3 is 2.62 bits per heavy atom. The van der Waals surface area contributed by atoms with Gasteiger partial charge in [0.1, 0.15) is 5.15 Å². The predicted molar refractivity (Wildman–Crippen MR) is 101 cm³/mol. The second kappa shape index (κ2) is 9.40. The summed E-state index contributed by atoms with van der Waals surface area (Å²) >= 11 is 12.3. The molecule has 0 saturated carbocycles. The SMILES string of the molecule is CCNC(=O)COC(=O)/C=C/c1c(C)nn(Cc2ccc(Cl)cc2)c1Cl. The van der Waals surface area contributed by atoms with Crippen LogP contribution in [-0.2, 0) is 20.9 Å². The molecule has 0 bridgehead atoms. The summed E-state index contributed by atoms with van der Waals surface area (Å²) in [6.07, 6.45) is 2.75. The van der Waals surface area contributed by atoms with Crippen molar-refractivity contribution in [2.24, 2.45) is 0 Å². The number of halogens is 2. The summed E-state index contributed by atoms with van der Waals surface area (Å²) in [5.74, 6) is -0.976. The van der Waals surface area contributed by atoms with Gasteiger partial charge in [-0.25, -0.2) is 9.48 Å². The number of amides is 1. The van der Waals surface area contributed by atoms with Gasteiger partial charge >= 0.3 is 5.97 Å². The van der Waals surface area contributed by atoms with E-state index in [0.29, 0.717) is 34.5 Å². The normalized spacial score (nSPS) is 10.9. The van der Waals surface area contributed by atoms with Crippen LogP contribution in [0.25, 0.3) is 6.08 Å². The van der Waals surface area contributed by atoms with Gasteiger partial charge < -0.3 is 10.1 Å². The molecule has 8 heteroatoms. The topological polar surface area (TPSA) is 73.2 Å². The van der Waals surface area contributed by atoms with Crippen molar-refractivity contribution in [3.63, 3.8) is 0 Å². The van der Waals surface area contributed by atoms with Crippen molar-refractivity contribution in [1.82, 2.24) is 15.1 Å². The maximum Gasteiger partial charge on any atom is 0.331 e. The number of carbonyl (C=O) groups is 2. The monoisotopic (exact) mass is 395 g/mol.